The van der Waals surface area contributed by atoms with Crippen molar-refractivity contribution in [2.24, 2.45) is 7.05 Å². The highest BCUT2D eigenvalue weighted by Gasteiger charge is 2.05. The standard InChI is InChI=1S/C7H12N2O3/c1-8-2-3-9(7(8)12)4-6(11)5-10/h2-3,6,10-11H,4-5H2,1H3. The van der Waals surface area contributed by atoms with Crippen LogP contribution >= 0.6 is 0 Å². The van der Waals surface area contributed by atoms with Crippen LogP contribution in [0.2, 0.25) is 0 Å². The number of aryl methyl sites for hydroxylation is 1. The van der Waals surface area contributed by atoms with E-state index < -0.39 is 6.10 Å². The van der Waals surface area contributed by atoms with Crippen molar-refractivity contribution in [1.29, 1.82) is 0 Å². The average Bonchev–Trinajstić information content (AvgIpc) is 2.36. The fourth-order valence-electron chi connectivity index (χ4n) is 0.934. The molecule has 0 saturated carbocycles. The molecule has 1 aromatic heterocycles. The van der Waals surface area contributed by atoms with E-state index in [9.17, 15) is 4.79 Å². The summed E-state index contributed by atoms with van der Waals surface area (Å²) in [6, 6.07) is 0. The van der Waals surface area contributed by atoms with Crippen molar-refractivity contribution >= 4 is 0 Å². The van der Waals surface area contributed by atoms with Crippen molar-refractivity contribution in [2.75, 3.05) is 6.61 Å². The molecule has 0 aliphatic heterocycles. The highest BCUT2D eigenvalue weighted by atomic mass is 16.3. The first-order valence-corrected chi connectivity index (χ1v) is 3.66. The van der Waals surface area contributed by atoms with Gasteiger partial charge in [-0.05, 0) is 0 Å². The van der Waals surface area contributed by atoms with Crippen LogP contribution in [0.4, 0.5) is 0 Å². The van der Waals surface area contributed by atoms with Gasteiger partial charge in [0.25, 0.3) is 0 Å². The summed E-state index contributed by atoms with van der Waals surface area (Å²) in [5.41, 5.74) is -0.192. The first-order chi connectivity index (χ1) is 5.65. The Kier molecular flexibility index (Phi) is 2.67. The Bertz CT molecular complexity index is 302. The minimum absolute atomic E-state index is 0.135. The molecular formula is C7H12N2O3. The first-order valence-electron chi connectivity index (χ1n) is 3.66. The molecule has 5 nitrogen and oxygen atoms in total. The van der Waals surface area contributed by atoms with Crippen LogP contribution in [0, 0.1) is 0 Å². The molecule has 1 unspecified atom stereocenters. The van der Waals surface area contributed by atoms with Crippen molar-refractivity contribution < 1.29 is 10.2 Å². The number of aromatic nitrogens is 2. The molecule has 1 aromatic rings. The van der Waals surface area contributed by atoms with Crippen LogP contribution in [-0.4, -0.2) is 32.1 Å². The zero-order valence-corrected chi connectivity index (χ0v) is 6.84. The molecule has 0 fully saturated rings. The highest BCUT2D eigenvalue weighted by molar-refractivity contribution is 4.80. The van der Waals surface area contributed by atoms with Crippen LogP contribution in [-0.2, 0) is 13.6 Å². The largest absolute Gasteiger partial charge is 0.394 e. The van der Waals surface area contributed by atoms with Crippen LogP contribution in [0.5, 0.6) is 0 Å². The van der Waals surface area contributed by atoms with E-state index in [1.807, 2.05) is 0 Å². The smallest absolute Gasteiger partial charge is 0.327 e. The molecule has 5 heteroatoms. The number of hydrogen-bond donors (Lipinski definition) is 2. The fourth-order valence-corrected chi connectivity index (χ4v) is 0.934. The maximum atomic E-state index is 11.2. The van der Waals surface area contributed by atoms with Crippen molar-refractivity contribution in [3.8, 4) is 0 Å². The Morgan fingerprint density at radius 3 is 2.67 bits per heavy atom. The van der Waals surface area contributed by atoms with E-state index in [1.54, 1.807) is 19.4 Å². The van der Waals surface area contributed by atoms with Gasteiger partial charge in [0.15, 0.2) is 0 Å². The molecule has 0 radical (unpaired) electrons. The van der Waals surface area contributed by atoms with Gasteiger partial charge in [-0.3, -0.25) is 4.57 Å². The van der Waals surface area contributed by atoms with Crippen molar-refractivity contribution in [3.63, 3.8) is 0 Å². The van der Waals surface area contributed by atoms with E-state index in [2.05, 4.69) is 0 Å². The molecule has 0 bridgehead atoms. The highest BCUT2D eigenvalue weighted by Crippen LogP contribution is 1.87. The number of aliphatic hydroxyl groups excluding tert-OH is 2. The zero-order chi connectivity index (χ0) is 9.14. The summed E-state index contributed by atoms with van der Waals surface area (Å²) in [7, 11) is 1.63. The average molecular weight is 172 g/mol. The molecule has 0 aromatic carbocycles. The predicted molar refractivity (Wildman–Crippen MR) is 42.8 cm³/mol. The molecule has 0 amide bonds. The minimum atomic E-state index is -0.870. The summed E-state index contributed by atoms with van der Waals surface area (Å²) in [4.78, 5) is 11.2. The number of imidazole rings is 1. The van der Waals surface area contributed by atoms with Gasteiger partial charge in [0, 0.05) is 19.4 Å². The lowest BCUT2D eigenvalue weighted by molar-refractivity contribution is 0.0803. The van der Waals surface area contributed by atoms with Gasteiger partial charge < -0.3 is 14.8 Å². The summed E-state index contributed by atoms with van der Waals surface area (Å²) in [5.74, 6) is 0. The topological polar surface area (TPSA) is 67.4 Å². The van der Waals surface area contributed by atoms with Crippen LogP contribution in [0.15, 0.2) is 17.2 Å². The third-order valence-electron chi connectivity index (χ3n) is 1.64. The lowest BCUT2D eigenvalue weighted by Gasteiger charge is -2.05. The summed E-state index contributed by atoms with van der Waals surface area (Å²) >= 11 is 0. The lowest BCUT2D eigenvalue weighted by atomic mass is 10.4. The molecule has 0 aliphatic rings. The molecule has 2 N–H and O–H groups in total. The monoisotopic (exact) mass is 172 g/mol. The molecule has 1 heterocycles. The SMILES string of the molecule is Cn1ccn(CC(O)CO)c1=O. The molecular weight excluding hydrogens is 160 g/mol. The maximum absolute atomic E-state index is 11.2. The van der Waals surface area contributed by atoms with E-state index in [1.165, 1.54) is 9.13 Å². The molecule has 12 heavy (non-hydrogen) atoms. The van der Waals surface area contributed by atoms with Crippen LogP contribution in [0.3, 0.4) is 0 Å². The van der Waals surface area contributed by atoms with Crippen LogP contribution < -0.4 is 5.69 Å². The molecule has 68 valence electrons. The van der Waals surface area contributed by atoms with Gasteiger partial charge in [-0.1, -0.05) is 0 Å². The number of nitrogens with zero attached hydrogens (tertiary/aromatic N) is 2. The quantitative estimate of drug-likeness (QED) is 0.585. The van der Waals surface area contributed by atoms with E-state index in [0.29, 0.717) is 0 Å². The Hall–Kier alpha value is -1.07. The fraction of sp³-hybridized carbons (Fsp3) is 0.571. The number of hydrogen-bond acceptors (Lipinski definition) is 3. The van der Waals surface area contributed by atoms with E-state index in [0.717, 1.165) is 0 Å². The van der Waals surface area contributed by atoms with E-state index in [-0.39, 0.29) is 18.8 Å². The maximum Gasteiger partial charge on any atom is 0.327 e. The Morgan fingerprint density at radius 1 is 1.58 bits per heavy atom. The van der Waals surface area contributed by atoms with Gasteiger partial charge in [0.1, 0.15) is 0 Å². The third-order valence-corrected chi connectivity index (χ3v) is 1.64. The van der Waals surface area contributed by atoms with Gasteiger partial charge in [-0.15, -0.1) is 0 Å². The van der Waals surface area contributed by atoms with Gasteiger partial charge in [0.2, 0.25) is 0 Å². The van der Waals surface area contributed by atoms with Crippen molar-refractivity contribution in [1.82, 2.24) is 9.13 Å². The van der Waals surface area contributed by atoms with Gasteiger partial charge in [-0.25, -0.2) is 4.79 Å². The Morgan fingerprint density at radius 2 is 2.25 bits per heavy atom. The summed E-state index contributed by atoms with van der Waals surface area (Å²) in [6.07, 6.45) is 2.30. The summed E-state index contributed by atoms with van der Waals surface area (Å²) in [5, 5.41) is 17.5. The van der Waals surface area contributed by atoms with Gasteiger partial charge >= 0.3 is 5.69 Å². The second kappa shape index (κ2) is 3.55. The molecule has 1 rings (SSSR count). The Labute approximate surface area is 69.5 Å². The summed E-state index contributed by atoms with van der Waals surface area (Å²) in [6.45, 7) is -0.197. The van der Waals surface area contributed by atoms with Gasteiger partial charge in [0.05, 0.1) is 19.3 Å². The normalized spacial score (nSPS) is 13.2. The third kappa shape index (κ3) is 1.75. The van der Waals surface area contributed by atoms with Crippen molar-refractivity contribution in [3.05, 3.63) is 22.9 Å². The number of rotatable bonds is 3. The first kappa shape index (κ1) is 9.02. The molecule has 0 aliphatic carbocycles. The predicted octanol–water partition coefficient (Wildman–Crippen LogP) is -1.46. The second-order valence-electron chi connectivity index (χ2n) is 2.68. The zero-order valence-electron chi connectivity index (χ0n) is 6.84. The minimum Gasteiger partial charge on any atom is -0.394 e. The van der Waals surface area contributed by atoms with E-state index in [4.69, 9.17) is 10.2 Å². The molecule has 0 saturated heterocycles. The Balaban J connectivity index is 2.76. The molecule has 1 atom stereocenters. The van der Waals surface area contributed by atoms with Crippen LogP contribution in [0.25, 0.3) is 0 Å². The van der Waals surface area contributed by atoms with Gasteiger partial charge in [-0.2, -0.15) is 0 Å². The van der Waals surface area contributed by atoms with E-state index >= 15 is 0 Å². The molecule has 0 spiro atoms. The van der Waals surface area contributed by atoms with Crippen molar-refractivity contribution in [2.45, 2.75) is 12.6 Å². The van der Waals surface area contributed by atoms with Crippen LogP contribution in [0.1, 0.15) is 0 Å². The second-order valence-corrected chi connectivity index (χ2v) is 2.68. The summed E-state index contributed by atoms with van der Waals surface area (Å²) < 4.78 is 2.75. The number of aliphatic hydroxyl groups is 2. The lowest BCUT2D eigenvalue weighted by Crippen LogP contribution is -2.28.